The molecule has 0 saturated carbocycles. The lowest BCUT2D eigenvalue weighted by atomic mass is 10.1. The molecule has 2 aromatic heterocycles. The molecule has 2 heterocycles. The second-order valence-corrected chi connectivity index (χ2v) is 6.84. The number of rotatable bonds is 7. The molecule has 0 spiro atoms. The molecule has 0 aliphatic rings. The van der Waals surface area contributed by atoms with Gasteiger partial charge in [-0.05, 0) is 36.2 Å². The van der Waals surface area contributed by atoms with Gasteiger partial charge < -0.3 is 10.3 Å². The number of H-pyrrole nitrogens is 1. The normalized spacial score (nSPS) is 10.5. The molecule has 0 aliphatic carbocycles. The van der Waals surface area contributed by atoms with Crippen LogP contribution in [-0.4, -0.2) is 35.8 Å². The number of hydrogen-bond acceptors (Lipinski definition) is 5. The molecule has 1 aromatic carbocycles. The number of nitrogens with zero attached hydrogens (tertiary/aromatic N) is 2. The fourth-order valence-electron chi connectivity index (χ4n) is 2.74. The Kier molecular flexibility index (Phi) is 9.40. The van der Waals surface area contributed by atoms with E-state index in [0.717, 1.165) is 22.3 Å². The molecule has 3 rings (SSSR count). The van der Waals surface area contributed by atoms with E-state index in [4.69, 9.17) is 0 Å². The van der Waals surface area contributed by atoms with Crippen molar-refractivity contribution < 1.29 is 8.42 Å². The van der Waals surface area contributed by atoms with Gasteiger partial charge in [-0.25, -0.2) is 17.7 Å². The molecule has 3 aromatic rings. The Hall–Kier alpha value is -2.13. The number of halogens is 2. The first-order chi connectivity index (χ1) is 12.6. The second kappa shape index (κ2) is 11.0. The zero-order chi connectivity index (χ0) is 18.5. The van der Waals surface area contributed by atoms with Crippen LogP contribution in [-0.2, 0) is 17.3 Å². The highest BCUT2D eigenvalue weighted by Crippen LogP contribution is 2.24. The topological polar surface area (TPSA) is 95.2 Å². The monoisotopic (exact) mass is 444 g/mol. The van der Waals surface area contributed by atoms with Gasteiger partial charge >= 0.3 is 0 Å². The van der Waals surface area contributed by atoms with E-state index in [-0.39, 0.29) is 30.4 Å². The largest absolute Gasteiger partial charge is 0.355 e. The molecule has 0 radical (unpaired) electrons. The fourth-order valence-corrected chi connectivity index (χ4v) is 3.24. The average molecular weight is 445 g/mol. The number of nitrogens with one attached hydrogen (secondary N) is 2. The summed E-state index contributed by atoms with van der Waals surface area (Å²) in [6, 6.07) is 12.9. The van der Waals surface area contributed by atoms with E-state index < -0.39 is 10.9 Å². The maximum atomic E-state index is 11.4. The molecule has 10 heteroatoms. The van der Waals surface area contributed by atoms with Gasteiger partial charge in [-0.1, -0.05) is 19.1 Å². The van der Waals surface area contributed by atoms with E-state index in [9.17, 15) is 13.2 Å². The Morgan fingerprint density at radius 2 is 1.93 bits per heavy atom. The molecule has 152 valence electrons. The summed E-state index contributed by atoms with van der Waals surface area (Å²) >= 11 is 0. The Bertz CT molecular complexity index is 1050. The van der Waals surface area contributed by atoms with Crippen molar-refractivity contribution in [2.24, 2.45) is 0 Å². The van der Waals surface area contributed by atoms with Crippen LogP contribution in [0.3, 0.4) is 0 Å². The van der Waals surface area contributed by atoms with Crippen LogP contribution in [0.2, 0.25) is 0 Å². The van der Waals surface area contributed by atoms with Crippen LogP contribution in [0.1, 0.15) is 12.5 Å². The van der Waals surface area contributed by atoms with Gasteiger partial charge in [-0.2, -0.15) is 0 Å². The summed E-state index contributed by atoms with van der Waals surface area (Å²) in [5.41, 5.74) is 3.09. The molecule has 0 saturated heterocycles. The van der Waals surface area contributed by atoms with Crippen molar-refractivity contribution in [3.05, 3.63) is 64.6 Å². The number of aromatic amines is 1. The van der Waals surface area contributed by atoms with E-state index >= 15 is 0 Å². The van der Waals surface area contributed by atoms with Crippen LogP contribution in [0, 0.1) is 0 Å². The first-order valence-corrected chi connectivity index (χ1v) is 9.43. The highest BCUT2D eigenvalue weighted by atomic mass is 35.5. The van der Waals surface area contributed by atoms with E-state index in [1.807, 2.05) is 37.3 Å². The summed E-state index contributed by atoms with van der Waals surface area (Å²) < 4.78 is 23.7. The lowest BCUT2D eigenvalue weighted by Crippen LogP contribution is -2.23. The van der Waals surface area contributed by atoms with Crippen LogP contribution < -0.4 is 10.9 Å². The number of fused-ring (bicyclic) bond motifs is 1. The zero-order valence-electron chi connectivity index (χ0n) is 15.1. The Balaban J connectivity index is 0.00000196. The molecule has 28 heavy (non-hydrogen) atoms. The summed E-state index contributed by atoms with van der Waals surface area (Å²) in [7, 11) is -2.55. The predicted molar refractivity (Wildman–Crippen MR) is 118 cm³/mol. The van der Waals surface area contributed by atoms with Crippen LogP contribution in [0.25, 0.3) is 11.0 Å². The van der Waals surface area contributed by atoms with Gasteiger partial charge in [-0.3, -0.25) is 4.79 Å². The summed E-state index contributed by atoms with van der Waals surface area (Å²) in [5, 5.41) is 4.15. The quantitative estimate of drug-likeness (QED) is 0.486. The SMILES string of the molecule is CCN(CCc1cccc(Nc2ccnc3[nH]c(=O)ccc23)c1)[SH](=O)=O.Cl.Cl. The molecule has 0 aliphatic heterocycles. The Morgan fingerprint density at radius 3 is 2.64 bits per heavy atom. The first-order valence-electron chi connectivity index (χ1n) is 8.30. The average Bonchev–Trinajstić information content (AvgIpc) is 2.62. The van der Waals surface area contributed by atoms with Gasteiger partial charge in [0, 0.05) is 36.4 Å². The van der Waals surface area contributed by atoms with E-state index in [1.54, 1.807) is 12.3 Å². The van der Waals surface area contributed by atoms with Crippen molar-refractivity contribution in [2.75, 3.05) is 18.4 Å². The third-order valence-electron chi connectivity index (χ3n) is 4.09. The van der Waals surface area contributed by atoms with E-state index in [2.05, 4.69) is 15.3 Å². The van der Waals surface area contributed by atoms with Crippen molar-refractivity contribution in [1.29, 1.82) is 0 Å². The maximum absolute atomic E-state index is 11.4. The maximum Gasteiger partial charge on any atom is 0.249 e. The molecule has 0 fully saturated rings. The van der Waals surface area contributed by atoms with Crippen LogP contribution in [0.4, 0.5) is 11.4 Å². The summed E-state index contributed by atoms with van der Waals surface area (Å²) in [4.78, 5) is 18.3. The van der Waals surface area contributed by atoms with Gasteiger partial charge in [-0.15, -0.1) is 24.8 Å². The van der Waals surface area contributed by atoms with E-state index in [0.29, 0.717) is 25.2 Å². The van der Waals surface area contributed by atoms with Crippen LogP contribution in [0.15, 0.2) is 53.5 Å². The third-order valence-corrected chi connectivity index (χ3v) is 5.04. The number of thiol groups is 1. The molecule has 0 bridgehead atoms. The molecule has 0 amide bonds. The minimum Gasteiger partial charge on any atom is -0.355 e. The zero-order valence-corrected chi connectivity index (χ0v) is 17.7. The highest BCUT2D eigenvalue weighted by Gasteiger charge is 2.06. The first kappa shape index (κ1) is 23.9. The number of benzene rings is 1. The molecular weight excluding hydrogens is 423 g/mol. The molecular formula is C18H22Cl2N4O3S. The highest BCUT2D eigenvalue weighted by molar-refractivity contribution is 7.69. The van der Waals surface area contributed by atoms with Crippen LogP contribution >= 0.6 is 24.8 Å². The van der Waals surface area contributed by atoms with Crippen molar-refractivity contribution in [2.45, 2.75) is 13.3 Å². The molecule has 2 N–H and O–H groups in total. The minimum absolute atomic E-state index is 0. The number of pyridine rings is 2. The molecule has 0 unspecified atom stereocenters. The van der Waals surface area contributed by atoms with Gasteiger partial charge in [0.1, 0.15) is 5.65 Å². The summed E-state index contributed by atoms with van der Waals surface area (Å²) in [5.74, 6) is 0. The summed E-state index contributed by atoms with van der Waals surface area (Å²) in [6.07, 6.45) is 2.27. The smallest absolute Gasteiger partial charge is 0.249 e. The van der Waals surface area contributed by atoms with Gasteiger partial charge in [0.05, 0.1) is 5.69 Å². The summed E-state index contributed by atoms with van der Waals surface area (Å²) in [6.45, 7) is 2.75. The number of aromatic nitrogens is 2. The van der Waals surface area contributed by atoms with E-state index in [1.165, 1.54) is 10.4 Å². The second-order valence-electron chi connectivity index (χ2n) is 5.80. The minimum atomic E-state index is -2.55. The lowest BCUT2D eigenvalue weighted by Gasteiger charge is -2.13. The Morgan fingerprint density at radius 1 is 1.14 bits per heavy atom. The Labute approximate surface area is 177 Å². The number of hydrogen-bond donors (Lipinski definition) is 3. The van der Waals surface area contributed by atoms with Crippen molar-refractivity contribution in [3.63, 3.8) is 0 Å². The molecule has 7 nitrogen and oxygen atoms in total. The van der Waals surface area contributed by atoms with Crippen LogP contribution in [0.5, 0.6) is 0 Å². The third kappa shape index (κ3) is 5.93. The van der Waals surface area contributed by atoms with Gasteiger partial charge in [0.25, 0.3) is 0 Å². The van der Waals surface area contributed by atoms with Crippen molar-refractivity contribution >= 4 is 58.1 Å². The lowest BCUT2D eigenvalue weighted by molar-refractivity contribution is 0.447. The van der Waals surface area contributed by atoms with Crippen molar-refractivity contribution in [1.82, 2.24) is 14.3 Å². The number of anilines is 2. The van der Waals surface area contributed by atoms with Gasteiger partial charge in [0.15, 0.2) is 0 Å². The standard InChI is InChI=1S/C18H20N4O3S.2ClH/c1-2-22(26(24)25)11-9-13-4-3-5-14(12-13)20-16-8-10-19-18-15(16)6-7-17(23)21-18;;/h3-8,10,12,26H,2,9,11H2,1H3,(H2,19,20,21,23);2*1H. The van der Waals surface area contributed by atoms with Crippen molar-refractivity contribution in [3.8, 4) is 0 Å². The number of likely N-dealkylation sites (N-methyl/N-ethyl adjacent to an activating group) is 1. The predicted octanol–water partition coefficient (Wildman–Crippen LogP) is 2.90. The molecule has 0 atom stereocenters. The fraction of sp³-hybridized carbons (Fsp3) is 0.222. The van der Waals surface area contributed by atoms with Gasteiger partial charge in [0.2, 0.25) is 16.4 Å².